The van der Waals surface area contributed by atoms with Crippen LogP contribution < -0.4 is 15.4 Å². The van der Waals surface area contributed by atoms with Gasteiger partial charge in [0.2, 0.25) is 0 Å². The molecule has 0 spiro atoms. The molecule has 0 radical (unpaired) electrons. The van der Waals surface area contributed by atoms with Gasteiger partial charge in [-0.2, -0.15) is 8.78 Å². The quantitative estimate of drug-likeness (QED) is 0.613. The molecule has 1 aromatic carbocycles. The van der Waals surface area contributed by atoms with Gasteiger partial charge < -0.3 is 20.1 Å². The predicted molar refractivity (Wildman–Crippen MR) is 93.5 cm³/mol. The van der Waals surface area contributed by atoms with Gasteiger partial charge in [0.1, 0.15) is 5.75 Å². The first-order valence-electron chi connectivity index (χ1n) is 7.73. The van der Waals surface area contributed by atoms with Gasteiger partial charge in [0.15, 0.2) is 5.11 Å². The number of allylic oxidation sites excluding steroid dienone is 1. The maximum Gasteiger partial charge on any atom is 0.387 e. The molecule has 136 valence electrons. The SMILES string of the molecule is CCC1=C(C(=O)OC)[C@@H](c2cc(C)c(OC(F)F)c(C)c2)NC(=S)N1. The van der Waals surface area contributed by atoms with Crippen molar-refractivity contribution in [1.82, 2.24) is 10.6 Å². The first kappa shape index (κ1) is 19.1. The standard InChI is InChI=1S/C17H20F2N2O3S/c1-5-11-12(15(22)23-4)13(21-17(25)20-11)10-6-8(2)14(9(3)7-10)24-16(18)19/h6-7,13,16H,5H2,1-4H3,(H2,20,21,25)/t13-/m1/s1. The molecule has 0 aromatic heterocycles. The number of thiocarbonyl (C=S) groups is 1. The predicted octanol–water partition coefficient (Wildman–Crippen LogP) is 3.26. The summed E-state index contributed by atoms with van der Waals surface area (Å²) >= 11 is 5.22. The number of hydrogen-bond acceptors (Lipinski definition) is 4. The summed E-state index contributed by atoms with van der Waals surface area (Å²) in [6, 6.07) is 2.87. The number of benzene rings is 1. The van der Waals surface area contributed by atoms with Crippen LogP contribution in [-0.2, 0) is 9.53 Å². The van der Waals surface area contributed by atoms with Crippen LogP contribution in [0.2, 0.25) is 0 Å². The summed E-state index contributed by atoms with van der Waals surface area (Å²) in [4.78, 5) is 12.3. The number of rotatable bonds is 5. The van der Waals surface area contributed by atoms with E-state index in [0.29, 0.717) is 39.5 Å². The van der Waals surface area contributed by atoms with Crippen LogP contribution in [0.5, 0.6) is 5.75 Å². The van der Waals surface area contributed by atoms with Gasteiger partial charge in [-0.05, 0) is 61.3 Å². The van der Waals surface area contributed by atoms with Crippen LogP contribution in [0.15, 0.2) is 23.4 Å². The molecule has 0 unspecified atom stereocenters. The van der Waals surface area contributed by atoms with Gasteiger partial charge in [0.05, 0.1) is 18.7 Å². The Morgan fingerprint density at radius 1 is 1.32 bits per heavy atom. The van der Waals surface area contributed by atoms with Crippen molar-refractivity contribution in [2.75, 3.05) is 7.11 Å². The molecule has 0 amide bonds. The molecule has 25 heavy (non-hydrogen) atoms. The van der Waals surface area contributed by atoms with Crippen molar-refractivity contribution >= 4 is 23.3 Å². The number of esters is 1. The average Bonchev–Trinajstić information content (AvgIpc) is 2.56. The average molecular weight is 370 g/mol. The summed E-state index contributed by atoms with van der Waals surface area (Å²) in [5, 5.41) is 6.41. The summed E-state index contributed by atoms with van der Waals surface area (Å²) in [5.74, 6) is -0.345. The molecule has 0 bridgehead atoms. The number of methoxy groups -OCH3 is 1. The van der Waals surface area contributed by atoms with Gasteiger partial charge in [0, 0.05) is 5.70 Å². The molecule has 0 saturated carbocycles. The van der Waals surface area contributed by atoms with E-state index < -0.39 is 18.6 Å². The molecule has 0 saturated heterocycles. The van der Waals surface area contributed by atoms with Gasteiger partial charge in [0.25, 0.3) is 0 Å². The second kappa shape index (κ2) is 7.77. The third-order valence-electron chi connectivity index (χ3n) is 3.94. The van der Waals surface area contributed by atoms with Gasteiger partial charge in [-0.3, -0.25) is 0 Å². The van der Waals surface area contributed by atoms with E-state index in [-0.39, 0.29) is 5.75 Å². The Hall–Kier alpha value is -2.22. The maximum atomic E-state index is 12.6. The number of ether oxygens (including phenoxy) is 2. The van der Waals surface area contributed by atoms with Crippen LogP contribution in [0.1, 0.15) is 36.1 Å². The number of aryl methyl sites for hydroxylation is 2. The van der Waals surface area contributed by atoms with Gasteiger partial charge in [-0.25, -0.2) is 4.79 Å². The van der Waals surface area contributed by atoms with E-state index >= 15 is 0 Å². The number of hydrogen-bond donors (Lipinski definition) is 2. The van der Waals surface area contributed by atoms with Crippen molar-refractivity contribution in [2.24, 2.45) is 0 Å². The lowest BCUT2D eigenvalue weighted by Gasteiger charge is -2.31. The van der Waals surface area contributed by atoms with E-state index in [0.717, 1.165) is 0 Å². The van der Waals surface area contributed by atoms with Crippen molar-refractivity contribution < 1.29 is 23.0 Å². The van der Waals surface area contributed by atoms with Gasteiger partial charge in [-0.1, -0.05) is 6.92 Å². The summed E-state index contributed by atoms with van der Waals surface area (Å²) in [5.41, 5.74) is 2.89. The Morgan fingerprint density at radius 2 is 1.92 bits per heavy atom. The second-order valence-electron chi connectivity index (χ2n) is 5.63. The van der Waals surface area contributed by atoms with E-state index in [1.807, 2.05) is 6.92 Å². The van der Waals surface area contributed by atoms with Crippen LogP contribution in [0.3, 0.4) is 0 Å². The van der Waals surface area contributed by atoms with E-state index in [9.17, 15) is 13.6 Å². The normalized spacial score (nSPS) is 17.2. The van der Waals surface area contributed by atoms with Gasteiger partial charge >= 0.3 is 12.6 Å². The molecule has 1 atom stereocenters. The molecule has 1 heterocycles. The van der Waals surface area contributed by atoms with Crippen molar-refractivity contribution in [2.45, 2.75) is 39.8 Å². The van der Waals surface area contributed by atoms with Crippen molar-refractivity contribution in [1.29, 1.82) is 0 Å². The molecule has 8 heteroatoms. The molecule has 5 nitrogen and oxygen atoms in total. The summed E-state index contributed by atoms with van der Waals surface area (Å²) in [6.45, 7) is 2.35. The third kappa shape index (κ3) is 4.07. The van der Waals surface area contributed by atoms with Crippen molar-refractivity contribution in [3.8, 4) is 5.75 Å². The van der Waals surface area contributed by atoms with Crippen LogP contribution in [-0.4, -0.2) is 24.8 Å². The molecule has 0 fully saturated rings. The highest BCUT2D eigenvalue weighted by molar-refractivity contribution is 7.80. The highest BCUT2D eigenvalue weighted by Crippen LogP contribution is 2.34. The fourth-order valence-electron chi connectivity index (χ4n) is 2.92. The number of halogens is 2. The molecular formula is C17H20F2N2O3S. The zero-order chi connectivity index (χ0) is 18.7. The summed E-state index contributed by atoms with van der Waals surface area (Å²) < 4.78 is 34.6. The minimum Gasteiger partial charge on any atom is -0.466 e. The molecule has 1 aliphatic rings. The van der Waals surface area contributed by atoms with E-state index in [2.05, 4.69) is 15.4 Å². The molecule has 1 aromatic rings. The second-order valence-corrected chi connectivity index (χ2v) is 6.04. The zero-order valence-electron chi connectivity index (χ0n) is 14.4. The lowest BCUT2D eigenvalue weighted by molar-refractivity contribution is -0.136. The smallest absolute Gasteiger partial charge is 0.387 e. The topological polar surface area (TPSA) is 59.6 Å². The van der Waals surface area contributed by atoms with Crippen LogP contribution in [0.25, 0.3) is 0 Å². The fraction of sp³-hybridized carbons (Fsp3) is 0.412. The first-order chi connectivity index (χ1) is 11.8. The van der Waals surface area contributed by atoms with Crippen LogP contribution in [0, 0.1) is 13.8 Å². The van der Waals surface area contributed by atoms with Crippen molar-refractivity contribution in [3.63, 3.8) is 0 Å². The molecular weight excluding hydrogens is 350 g/mol. The first-order valence-corrected chi connectivity index (χ1v) is 8.14. The minimum atomic E-state index is -2.90. The Balaban J connectivity index is 2.54. The van der Waals surface area contributed by atoms with Gasteiger partial charge in [-0.15, -0.1) is 0 Å². The Morgan fingerprint density at radius 3 is 2.40 bits per heavy atom. The number of nitrogens with one attached hydrogen (secondary N) is 2. The van der Waals surface area contributed by atoms with E-state index in [1.54, 1.807) is 26.0 Å². The lowest BCUT2D eigenvalue weighted by atomic mass is 9.92. The Bertz CT molecular complexity index is 712. The summed E-state index contributed by atoms with van der Waals surface area (Å²) in [6.07, 6.45) is 0.563. The number of carbonyl (C=O) groups is 1. The Kier molecular flexibility index (Phi) is 5.94. The highest BCUT2D eigenvalue weighted by atomic mass is 32.1. The fourth-order valence-corrected chi connectivity index (χ4v) is 3.16. The molecule has 0 aliphatic carbocycles. The number of carbonyl (C=O) groups excluding carboxylic acids is 1. The van der Waals surface area contributed by atoms with Crippen molar-refractivity contribution in [3.05, 3.63) is 40.1 Å². The van der Waals surface area contributed by atoms with E-state index in [4.69, 9.17) is 17.0 Å². The molecule has 2 rings (SSSR count). The Labute approximate surface area is 150 Å². The minimum absolute atomic E-state index is 0.134. The van der Waals surface area contributed by atoms with Crippen LogP contribution >= 0.6 is 12.2 Å². The summed E-state index contributed by atoms with van der Waals surface area (Å²) in [7, 11) is 1.31. The molecule has 1 aliphatic heterocycles. The lowest BCUT2D eigenvalue weighted by Crippen LogP contribution is -2.45. The maximum absolute atomic E-state index is 12.6. The van der Waals surface area contributed by atoms with Crippen LogP contribution in [0.4, 0.5) is 8.78 Å². The molecule has 2 N–H and O–H groups in total. The monoisotopic (exact) mass is 370 g/mol. The third-order valence-corrected chi connectivity index (χ3v) is 4.16. The van der Waals surface area contributed by atoms with E-state index in [1.165, 1.54) is 7.11 Å². The largest absolute Gasteiger partial charge is 0.466 e. The number of alkyl halides is 2. The zero-order valence-corrected chi connectivity index (χ0v) is 15.2. The highest BCUT2D eigenvalue weighted by Gasteiger charge is 2.32.